The number of ether oxygens (including phenoxy) is 3. The van der Waals surface area contributed by atoms with E-state index in [9.17, 15) is 15.0 Å². The number of anilines is 1. The number of rotatable bonds is 8. The molecule has 2 aromatic rings. The van der Waals surface area contributed by atoms with Crippen LogP contribution >= 0.6 is 0 Å². The molecule has 0 aliphatic heterocycles. The fourth-order valence-corrected chi connectivity index (χ4v) is 2.69. The summed E-state index contributed by atoms with van der Waals surface area (Å²) in [6.07, 6.45) is -0.842. The van der Waals surface area contributed by atoms with Crippen LogP contribution in [0.2, 0.25) is 0 Å². The summed E-state index contributed by atoms with van der Waals surface area (Å²) in [4.78, 5) is 12.4. The zero-order chi connectivity index (χ0) is 19.8. The highest BCUT2D eigenvalue weighted by Crippen LogP contribution is 2.34. The van der Waals surface area contributed by atoms with Gasteiger partial charge in [0.05, 0.1) is 14.2 Å². The van der Waals surface area contributed by atoms with E-state index in [4.69, 9.17) is 14.2 Å². The normalized spacial score (nSPS) is 12.7. The lowest BCUT2D eigenvalue weighted by Crippen LogP contribution is -2.22. The van der Waals surface area contributed by atoms with Crippen LogP contribution in [0.15, 0.2) is 42.5 Å². The number of hydrogen-bond acceptors (Lipinski definition) is 6. The van der Waals surface area contributed by atoms with Crippen molar-refractivity contribution in [3.8, 4) is 17.2 Å². The lowest BCUT2D eigenvalue weighted by molar-refractivity contribution is 0.0666. The van der Waals surface area contributed by atoms with E-state index >= 15 is 0 Å². The lowest BCUT2D eigenvalue weighted by atomic mass is 9.94. The average molecular weight is 375 g/mol. The fourth-order valence-electron chi connectivity index (χ4n) is 2.69. The summed E-state index contributed by atoms with van der Waals surface area (Å²) in [7, 11) is 3.02. The van der Waals surface area contributed by atoms with Crippen LogP contribution in [-0.4, -0.2) is 37.1 Å². The second-order valence-electron chi connectivity index (χ2n) is 6.10. The number of hydrogen-bond donors (Lipinski definition) is 3. The van der Waals surface area contributed by atoms with Crippen LogP contribution in [0.3, 0.4) is 0 Å². The zero-order valence-electron chi connectivity index (χ0n) is 15.6. The Balaban J connectivity index is 2.15. The van der Waals surface area contributed by atoms with Crippen molar-refractivity contribution in [2.24, 2.45) is 5.92 Å². The third-order valence-electron chi connectivity index (χ3n) is 4.20. The highest BCUT2D eigenvalue weighted by atomic mass is 16.6. The molecule has 0 radical (unpaired) electrons. The fraction of sp³-hybridized carbons (Fsp3) is 0.350. The number of carbonyl (C=O) groups is 1. The Morgan fingerprint density at radius 1 is 1.11 bits per heavy atom. The van der Waals surface area contributed by atoms with Crippen LogP contribution in [0.25, 0.3) is 0 Å². The minimum absolute atomic E-state index is 0.0384. The second kappa shape index (κ2) is 9.68. The molecule has 0 saturated heterocycles. The van der Waals surface area contributed by atoms with Crippen LogP contribution < -0.4 is 14.8 Å². The van der Waals surface area contributed by atoms with Gasteiger partial charge < -0.3 is 24.4 Å². The smallest absolute Gasteiger partial charge is 0.412 e. The molecule has 7 heteroatoms. The third kappa shape index (κ3) is 5.52. The van der Waals surface area contributed by atoms with E-state index in [-0.39, 0.29) is 18.3 Å². The third-order valence-corrected chi connectivity index (χ3v) is 4.20. The van der Waals surface area contributed by atoms with Gasteiger partial charge in [0.2, 0.25) is 0 Å². The molecule has 7 nitrogen and oxygen atoms in total. The van der Waals surface area contributed by atoms with Crippen molar-refractivity contribution >= 4 is 11.8 Å². The highest BCUT2D eigenvalue weighted by molar-refractivity contribution is 5.84. The quantitative estimate of drug-likeness (QED) is 0.651. The maximum absolute atomic E-state index is 12.4. The minimum Gasteiger partial charge on any atom is -0.504 e. The van der Waals surface area contributed by atoms with Crippen molar-refractivity contribution in [2.75, 3.05) is 26.1 Å². The monoisotopic (exact) mass is 375 g/mol. The Morgan fingerprint density at radius 2 is 1.81 bits per heavy atom. The molecular formula is C20H25NO6. The first-order valence-electron chi connectivity index (χ1n) is 8.58. The van der Waals surface area contributed by atoms with Gasteiger partial charge in [-0.05, 0) is 54.3 Å². The number of methoxy groups -OCH3 is 2. The molecule has 0 saturated carbocycles. The first kappa shape index (κ1) is 20.4. The Labute approximate surface area is 158 Å². The van der Waals surface area contributed by atoms with Gasteiger partial charge in [-0.25, -0.2) is 4.79 Å². The molecule has 0 aromatic heterocycles. The number of carbonyl (C=O) groups excluding carboxylic acids is 1. The maximum Gasteiger partial charge on any atom is 0.412 e. The number of aliphatic hydroxyl groups is 1. The number of amides is 1. The van der Waals surface area contributed by atoms with Crippen LogP contribution in [0.1, 0.15) is 25.0 Å². The lowest BCUT2D eigenvalue weighted by Gasteiger charge is -2.24. The molecule has 0 aliphatic rings. The van der Waals surface area contributed by atoms with Crippen molar-refractivity contribution in [1.29, 1.82) is 0 Å². The molecule has 27 heavy (non-hydrogen) atoms. The van der Waals surface area contributed by atoms with Gasteiger partial charge in [0.15, 0.2) is 11.5 Å². The Morgan fingerprint density at radius 3 is 2.37 bits per heavy atom. The maximum atomic E-state index is 12.4. The number of aromatic hydroxyl groups is 1. The van der Waals surface area contributed by atoms with E-state index in [1.807, 2.05) is 6.92 Å². The standard InChI is InChI=1S/C20H25NO6/c1-13(10-11-22)19(14-4-9-18(26-3)17(23)12-14)27-20(24)21-15-5-7-16(25-2)8-6-15/h4-9,12-13,19,22-23H,10-11H2,1-3H3,(H,21,24)/t13-,19+/m1/s1. The predicted molar refractivity (Wildman–Crippen MR) is 101 cm³/mol. The molecule has 0 spiro atoms. The van der Waals surface area contributed by atoms with E-state index in [1.54, 1.807) is 43.5 Å². The number of nitrogens with one attached hydrogen (secondary N) is 1. The first-order valence-corrected chi connectivity index (χ1v) is 8.58. The molecule has 0 unspecified atom stereocenters. The molecule has 2 aromatic carbocycles. The van der Waals surface area contributed by atoms with Crippen molar-refractivity contribution < 1.29 is 29.2 Å². The van der Waals surface area contributed by atoms with Crippen molar-refractivity contribution in [3.05, 3.63) is 48.0 Å². The average Bonchev–Trinajstić information content (AvgIpc) is 2.66. The van der Waals surface area contributed by atoms with Gasteiger partial charge in [0.25, 0.3) is 0 Å². The van der Waals surface area contributed by atoms with Gasteiger partial charge in [-0.3, -0.25) is 5.32 Å². The van der Waals surface area contributed by atoms with Gasteiger partial charge in [-0.2, -0.15) is 0 Å². The summed E-state index contributed by atoms with van der Waals surface area (Å²) in [6, 6.07) is 11.7. The van der Waals surface area contributed by atoms with E-state index in [2.05, 4.69) is 5.32 Å². The molecule has 0 bridgehead atoms. The van der Waals surface area contributed by atoms with Gasteiger partial charge in [0.1, 0.15) is 11.9 Å². The molecule has 2 atom stereocenters. The Hall–Kier alpha value is -2.93. The zero-order valence-corrected chi connectivity index (χ0v) is 15.6. The summed E-state index contributed by atoms with van der Waals surface area (Å²) in [5.74, 6) is 0.798. The summed E-state index contributed by atoms with van der Waals surface area (Å²) in [5.41, 5.74) is 1.17. The number of phenolic OH excluding ortho intramolecular Hbond substituents is 1. The summed E-state index contributed by atoms with van der Waals surface area (Å²) < 4.78 is 15.7. The van der Waals surface area contributed by atoms with Crippen molar-refractivity contribution in [3.63, 3.8) is 0 Å². The van der Waals surface area contributed by atoms with Crippen LogP contribution in [0, 0.1) is 5.92 Å². The van der Waals surface area contributed by atoms with Gasteiger partial charge >= 0.3 is 6.09 Å². The number of phenols is 1. The van der Waals surface area contributed by atoms with Crippen molar-refractivity contribution in [1.82, 2.24) is 0 Å². The van der Waals surface area contributed by atoms with E-state index < -0.39 is 12.2 Å². The molecule has 0 fully saturated rings. The first-order chi connectivity index (χ1) is 13.0. The predicted octanol–water partition coefficient (Wildman–Crippen LogP) is 3.72. The van der Waals surface area contributed by atoms with Gasteiger partial charge in [0, 0.05) is 12.3 Å². The van der Waals surface area contributed by atoms with E-state index in [0.29, 0.717) is 29.2 Å². The molecule has 0 heterocycles. The Bertz CT molecular complexity index is 747. The second-order valence-corrected chi connectivity index (χ2v) is 6.10. The molecular weight excluding hydrogens is 350 g/mol. The highest BCUT2D eigenvalue weighted by Gasteiger charge is 2.24. The SMILES string of the molecule is COc1ccc(NC(=O)O[C@H](c2ccc(OC)c(O)c2)[C@H](C)CCO)cc1. The van der Waals surface area contributed by atoms with Gasteiger partial charge in [-0.1, -0.05) is 13.0 Å². The largest absolute Gasteiger partial charge is 0.504 e. The van der Waals surface area contributed by atoms with Crippen LogP contribution in [0.5, 0.6) is 17.2 Å². The summed E-state index contributed by atoms with van der Waals surface area (Å²) in [5, 5.41) is 21.9. The summed E-state index contributed by atoms with van der Waals surface area (Å²) >= 11 is 0. The minimum atomic E-state index is -0.646. The van der Waals surface area contributed by atoms with Crippen LogP contribution in [0.4, 0.5) is 10.5 Å². The van der Waals surface area contributed by atoms with E-state index in [0.717, 1.165) is 0 Å². The molecule has 1 amide bonds. The number of aliphatic hydroxyl groups excluding tert-OH is 1. The van der Waals surface area contributed by atoms with Gasteiger partial charge in [-0.15, -0.1) is 0 Å². The topological polar surface area (TPSA) is 97.3 Å². The number of benzene rings is 2. The molecule has 146 valence electrons. The van der Waals surface area contributed by atoms with E-state index in [1.165, 1.54) is 13.2 Å². The molecule has 3 N–H and O–H groups in total. The molecule has 2 rings (SSSR count). The molecule has 0 aliphatic carbocycles. The Kier molecular flexibility index (Phi) is 7.31. The summed E-state index contributed by atoms with van der Waals surface area (Å²) in [6.45, 7) is 1.83. The van der Waals surface area contributed by atoms with Crippen molar-refractivity contribution in [2.45, 2.75) is 19.4 Å². The van der Waals surface area contributed by atoms with Crippen LogP contribution in [-0.2, 0) is 4.74 Å².